The monoisotopic (exact) mass is 368 g/mol. The van der Waals surface area contributed by atoms with Crippen LogP contribution in [-0.4, -0.2) is 36.2 Å². The Morgan fingerprint density at radius 1 is 1.39 bits per heavy atom. The number of rotatable bonds is 5. The maximum absolute atomic E-state index is 12.2. The summed E-state index contributed by atoms with van der Waals surface area (Å²) in [5, 5.41) is 6.03. The molecule has 0 bridgehead atoms. The van der Waals surface area contributed by atoms with Crippen LogP contribution in [0.3, 0.4) is 0 Å². The van der Waals surface area contributed by atoms with Crippen molar-refractivity contribution in [2.75, 3.05) is 23.4 Å². The Labute approximate surface area is 144 Å². The van der Waals surface area contributed by atoms with Crippen molar-refractivity contribution < 1.29 is 18.0 Å². The van der Waals surface area contributed by atoms with Gasteiger partial charge in [-0.25, -0.2) is 0 Å². The van der Waals surface area contributed by atoms with Gasteiger partial charge in [0.15, 0.2) is 0 Å². The zero-order valence-electron chi connectivity index (χ0n) is 12.5. The molecule has 0 aromatic heterocycles. The minimum Gasteiger partial charge on any atom is -0.326 e. The van der Waals surface area contributed by atoms with Crippen molar-refractivity contribution in [1.82, 2.24) is 5.32 Å². The molecule has 1 amide bonds. The summed E-state index contributed by atoms with van der Waals surface area (Å²) in [7, 11) is 0. The van der Waals surface area contributed by atoms with E-state index in [1.54, 1.807) is 24.3 Å². The van der Waals surface area contributed by atoms with E-state index in [4.69, 9.17) is 0 Å². The molecule has 1 aromatic carbocycles. The van der Waals surface area contributed by atoms with E-state index in [0.717, 1.165) is 18.1 Å². The van der Waals surface area contributed by atoms with Gasteiger partial charge in [0.2, 0.25) is 5.91 Å². The zero-order chi connectivity index (χ0) is 16.0. The summed E-state index contributed by atoms with van der Waals surface area (Å²) in [5.41, 5.74) is 1.12. The first-order chi connectivity index (χ1) is 10.4. The number of nitrogens with one attached hydrogen (secondary N) is 2. The standard InChI is InChI=1S/C15H19F3N2OS.ClH/c16-15(17,18)5-4-11-2-1-3-12(8-11)20-14(21)9-13-10-22-7-6-19-13;/h1-3,8,13,19H,4-7,9-10H2,(H,20,21);1H. The lowest BCUT2D eigenvalue weighted by molar-refractivity contribution is -0.134. The fourth-order valence-electron chi connectivity index (χ4n) is 2.28. The van der Waals surface area contributed by atoms with E-state index in [0.29, 0.717) is 17.7 Å². The first kappa shape index (κ1) is 20.1. The Balaban J connectivity index is 0.00000264. The maximum atomic E-state index is 12.2. The molecule has 0 radical (unpaired) electrons. The third-order valence-corrected chi connectivity index (χ3v) is 4.47. The molecule has 1 unspecified atom stereocenters. The maximum Gasteiger partial charge on any atom is 0.389 e. The smallest absolute Gasteiger partial charge is 0.326 e. The van der Waals surface area contributed by atoms with Gasteiger partial charge in [-0.05, 0) is 24.1 Å². The molecule has 0 spiro atoms. The molecule has 1 aromatic rings. The number of thioether (sulfide) groups is 1. The molecule has 1 aliphatic rings. The molecule has 3 nitrogen and oxygen atoms in total. The summed E-state index contributed by atoms with van der Waals surface area (Å²) in [5.74, 6) is 1.84. The molecule has 8 heteroatoms. The number of carbonyl (C=O) groups is 1. The van der Waals surface area contributed by atoms with Crippen molar-refractivity contribution in [3.05, 3.63) is 29.8 Å². The molecule has 2 rings (SSSR count). The second-order valence-corrected chi connectivity index (χ2v) is 6.44. The molecule has 130 valence electrons. The number of carbonyl (C=O) groups excluding carboxylic acids is 1. The van der Waals surface area contributed by atoms with Gasteiger partial charge < -0.3 is 10.6 Å². The van der Waals surface area contributed by atoms with E-state index >= 15 is 0 Å². The van der Waals surface area contributed by atoms with Crippen molar-refractivity contribution in [3.63, 3.8) is 0 Å². The van der Waals surface area contributed by atoms with Crippen LogP contribution in [0.15, 0.2) is 24.3 Å². The average molecular weight is 369 g/mol. The van der Waals surface area contributed by atoms with E-state index in [1.165, 1.54) is 0 Å². The molecule has 1 heterocycles. The van der Waals surface area contributed by atoms with E-state index in [-0.39, 0.29) is 30.8 Å². The Kier molecular flexibility index (Phi) is 8.22. The minimum atomic E-state index is -4.16. The predicted molar refractivity (Wildman–Crippen MR) is 90.4 cm³/mol. The number of benzene rings is 1. The molecular formula is C15H20ClF3N2OS. The Morgan fingerprint density at radius 3 is 2.83 bits per heavy atom. The van der Waals surface area contributed by atoms with Gasteiger partial charge in [0.25, 0.3) is 0 Å². The highest BCUT2D eigenvalue weighted by Gasteiger charge is 2.26. The van der Waals surface area contributed by atoms with Crippen LogP contribution in [0.4, 0.5) is 18.9 Å². The quantitative estimate of drug-likeness (QED) is 0.833. The second kappa shape index (κ2) is 9.39. The third-order valence-electron chi connectivity index (χ3n) is 3.34. The van der Waals surface area contributed by atoms with E-state index < -0.39 is 12.6 Å². The van der Waals surface area contributed by atoms with Gasteiger partial charge >= 0.3 is 6.18 Å². The minimum absolute atomic E-state index is 0. The lowest BCUT2D eigenvalue weighted by atomic mass is 10.1. The van der Waals surface area contributed by atoms with Crippen molar-refractivity contribution >= 4 is 35.8 Å². The molecule has 1 saturated heterocycles. The van der Waals surface area contributed by atoms with Gasteiger partial charge in [-0.3, -0.25) is 4.79 Å². The van der Waals surface area contributed by atoms with E-state index in [9.17, 15) is 18.0 Å². The third kappa shape index (κ3) is 7.94. The van der Waals surface area contributed by atoms with Gasteiger partial charge in [0.05, 0.1) is 0 Å². The van der Waals surface area contributed by atoms with E-state index in [1.807, 2.05) is 11.8 Å². The fraction of sp³-hybridized carbons (Fsp3) is 0.533. The Bertz CT molecular complexity index is 508. The highest BCUT2D eigenvalue weighted by Crippen LogP contribution is 2.23. The van der Waals surface area contributed by atoms with Crippen LogP contribution >= 0.6 is 24.2 Å². The van der Waals surface area contributed by atoms with Gasteiger partial charge in [-0.1, -0.05) is 12.1 Å². The van der Waals surface area contributed by atoms with Gasteiger partial charge in [0.1, 0.15) is 0 Å². The summed E-state index contributed by atoms with van der Waals surface area (Å²) in [6, 6.07) is 6.76. The number of hydrogen-bond acceptors (Lipinski definition) is 3. The van der Waals surface area contributed by atoms with Crippen molar-refractivity contribution in [2.24, 2.45) is 0 Å². The van der Waals surface area contributed by atoms with Crippen molar-refractivity contribution in [1.29, 1.82) is 0 Å². The molecule has 0 saturated carbocycles. The Hall–Kier alpha value is -0.920. The number of alkyl halides is 3. The van der Waals surface area contributed by atoms with Crippen LogP contribution < -0.4 is 10.6 Å². The highest BCUT2D eigenvalue weighted by atomic mass is 35.5. The molecule has 0 aliphatic carbocycles. The van der Waals surface area contributed by atoms with Crippen LogP contribution in [0, 0.1) is 0 Å². The molecule has 23 heavy (non-hydrogen) atoms. The first-order valence-electron chi connectivity index (χ1n) is 7.19. The first-order valence-corrected chi connectivity index (χ1v) is 8.34. The van der Waals surface area contributed by atoms with Crippen LogP contribution in [0.1, 0.15) is 18.4 Å². The molecule has 2 N–H and O–H groups in total. The zero-order valence-corrected chi connectivity index (χ0v) is 14.1. The molecular weight excluding hydrogens is 349 g/mol. The summed E-state index contributed by atoms with van der Waals surface area (Å²) in [4.78, 5) is 12.0. The second-order valence-electron chi connectivity index (χ2n) is 5.29. The summed E-state index contributed by atoms with van der Waals surface area (Å²) < 4.78 is 36.7. The summed E-state index contributed by atoms with van der Waals surface area (Å²) in [6.45, 7) is 0.898. The topological polar surface area (TPSA) is 41.1 Å². The normalized spacial score (nSPS) is 18.1. The largest absolute Gasteiger partial charge is 0.389 e. The molecule has 1 fully saturated rings. The van der Waals surface area contributed by atoms with Crippen molar-refractivity contribution in [3.8, 4) is 0 Å². The Morgan fingerprint density at radius 2 is 2.17 bits per heavy atom. The van der Waals surface area contributed by atoms with E-state index in [2.05, 4.69) is 10.6 Å². The average Bonchev–Trinajstić information content (AvgIpc) is 2.46. The molecule has 1 atom stereocenters. The fourth-order valence-corrected chi connectivity index (χ4v) is 3.23. The lowest BCUT2D eigenvalue weighted by Gasteiger charge is -2.22. The predicted octanol–water partition coefficient (Wildman–Crippen LogP) is 3.64. The SMILES string of the molecule is Cl.O=C(CC1CSCCN1)Nc1cccc(CCC(F)(F)F)c1. The van der Waals surface area contributed by atoms with Crippen LogP contribution in [-0.2, 0) is 11.2 Å². The van der Waals surface area contributed by atoms with Crippen molar-refractivity contribution in [2.45, 2.75) is 31.5 Å². The number of halogens is 4. The number of anilines is 1. The van der Waals surface area contributed by atoms with Gasteiger partial charge in [0, 0.05) is 42.6 Å². The van der Waals surface area contributed by atoms with Crippen LogP contribution in [0.2, 0.25) is 0 Å². The van der Waals surface area contributed by atoms with Gasteiger partial charge in [-0.2, -0.15) is 24.9 Å². The number of hydrogen-bond donors (Lipinski definition) is 2. The highest BCUT2D eigenvalue weighted by molar-refractivity contribution is 7.99. The summed E-state index contributed by atoms with van der Waals surface area (Å²) in [6.07, 6.45) is -4.72. The lowest BCUT2D eigenvalue weighted by Crippen LogP contribution is -2.39. The number of aryl methyl sites for hydroxylation is 1. The van der Waals surface area contributed by atoms with Crippen LogP contribution in [0.5, 0.6) is 0 Å². The number of amides is 1. The molecule has 1 aliphatic heterocycles. The van der Waals surface area contributed by atoms with Gasteiger partial charge in [-0.15, -0.1) is 12.4 Å². The van der Waals surface area contributed by atoms with Crippen LogP contribution in [0.25, 0.3) is 0 Å². The summed E-state index contributed by atoms with van der Waals surface area (Å²) >= 11 is 1.81.